The molecule has 1 aliphatic rings. The number of carbonyl (C=O) groups excluding carboxylic acids is 1. The molecule has 0 spiro atoms. The van der Waals surface area contributed by atoms with Crippen molar-refractivity contribution in [2.45, 2.75) is 25.4 Å². The van der Waals surface area contributed by atoms with Gasteiger partial charge in [-0.1, -0.05) is 36.4 Å². The Balaban J connectivity index is 1.50. The normalized spacial score (nSPS) is 17.9. The van der Waals surface area contributed by atoms with E-state index in [1.165, 1.54) is 5.56 Å². The molecule has 1 aromatic heterocycles. The Morgan fingerprint density at radius 1 is 1.17 bits per heavy atom. The molecule has 1 unspecified atom stereocenters. The number of amides is 1. The van der Waals surface area contributed by atoms with E-state index in [9.17, 15) is 4.79 Å². The van der Waals surface area contributed by atoms with Crippen LogP contribution in [0.5, 0.6) is 0 Å². The van der Waals surface area contributed by atoms with Crippen molar-refractivity contribution in [3.8, 4) is 0 Å². The lowest BCUT2D eigenvalue weighted by molar-refractivity contribution is -0.138. The number of pyridine rings is 1. The molecular formula is C19H22N2O2. The van der Waals surface area contributed by atoms with Crippen LogP contribution in [0.4, 0.5) is 0 Å². The van der Waals surface area contributed by atoms with Crippen LogP contribution in [0.1, 0.15) is 17.5 Å². The number of benzene rings is 1. The fourth-order valence-corrected chi connectivity index (χ4v) is 2.90. The van der Waals surface area contributed by atoms with E-state index < -0.39 is 0 Å². The molecule has 23 heavy (non-hydrogen) atoms. The third kappa shape index (κ3) is 4.63. The van der Waals surface area contributed by atoms with Gasteiger partial charge in [0.2, 0.25) is 5.91 Å². The molecule has 0 saturated carbocycles. The van der Waals surface area contributed by atoms with Gasteiger partial charge in [0.15, 0.2) is 0 Å². The predicted molar refractivity (Wildman–Crippen MR) is 89.0 cm³/mol. The molecule has 120 valence electrons. The van der Waals surface area contributed by atoms with Crippen LogP contribution in [0, 0.1) is 0 Å². The maximum absolute atomic E-state index is 12.4. The SMILES string of the molecule is O=C(CCc1cccnc1)N1CCOC(Cc2ccccc2)C1. The summed E-state index contributed by atoms with van der Waals surface area (Å²) in [6.07, 6.45) is 5.80. The van der Waals surface area contributed by atoms with Crippen molar-refractivity contribution in [1.29, 1.82) is 0 Å². The van der Waals surface area contributed by atoms with Gasteiger partial charge in [-0.3, -0.25) is 9.78 Å². The fourth-order valence-electron chi connectivity index (χ4n) is 2.90. The Bertz CT molecular complexity index is 616. The summed E-state index contributed by atoms with van der Waals surface area (Å²) >= 11 is 0. The summed E-state index contributed by atoms with van der Waals surface area (Å²) in [5.74, 6) is 0.204. The molecule has 1 amide bonds. The second-order valence-corrected chi connectivity index (χ2v) is 5.88. The molecule has 2 heterocycles. The van der Waals surface area contributed by atoms with Crippen LogP contribution in [0.2, 0.25) is 0 Å². The van der Waals surface area contributed by atoms with E-state index in [4.69, 9.17) is 4.74 Å². The second kappa shape index (κ2) is 7.88. The Morgan fingerprint density at radius 2 is 2.00 bits per heavy atom. The van der Waals surface area contributed by atoms with Gasteiger partial charge < -0.3 is 9.64 Å². The molecule has 0 bridgehead atoms. The Morgan fingerprint density at radius 3 is 2.78 bits per heavy atom. The van der Waals surface area contributed by atoms with Gasteiger partial charge in [-0.2, -0.15) is 0 Å². The van der Waals surface area contributed by atoms with Gasteiger partial charge in [0.1, 0.15) is 0 Å². The molecule has 1 saturated heterocycles. The minimum atomic E-state index is 0.0912. The maximum Gasteiger partial charge on any atom is 0.223 e. The Kier molecular flexibility index (Phi) is 5.37. The third-order valence-corrected chi connectivity index (χ3v) is 4.15. The first-order valence-corrected chi connectivity index (χ1v) is 8.13. The van der Waals surface area contributed by atoms with Crippen LogP contribution in [-0.4, -0.2) is 41.6 Å². The third-order valence-electron chi connectivity index (χ3n) is 4.15. The average molecular weight is 310 g/mol. The summed E-state index contributed by atoms with van der Waals surface area (Å²) in [5, 5.41) is 0. The summed E-state index contributed by atoms with van der Waals surface area (Å²) in [5.41, 5.74) is 2.36. The largest absolute Gasteiger partial charge is 0.374 e. The lowest BCUT2D eigenvalue weighted by Gasteiger charge is -2.33. The van der Waals surface area contributed by atoms with Gasteiger partial charge in [0, 0.05) is 38.3 Å². The highest BCUT2D eigenvalue weighted by molar-refractivity contribution is 5.76. The number of ether oxygens (including phenoxy) is 1. The minimum absolute atomic E-state index is 0.0912. The number of carbonyl (C=O) groups is 1. The topological polar surface area (TPSA) is 42.4 Å². The van der Waals surface area contributed by atoms with Crippen LogP contribution in [-0.2, 0) is 22.4 Å². The number of rotatable bonds is 5. The van der Waals surface area contributed by atoms with Gasteiger partial charge in [-0.25, -0.2) is 0 Å². The van der Waals surface area contributed by atoms with E-state index in [2.05, 4.69) is 17.1 Å². The van der Waals surface area contributed by atoms with Crippen molar-refractivity contribution in [2.75, 3.05) is 19.7 Å². The van der Waals surface area contributed by atoms with E-state index in [1.54, 1.807) is 6.20 Å². The Hall–Kier alpha value is -2.20. The smallest absolute Gasteiger partial charge is 0.223 e. The molecule has 0 aliphatic carbocycles. The minimum Gasteiger partial charge on any atom is -0.374 e. The number of hydrogen-bond donors (Lipinski definition) is 0. The van der Waals surface area contributed by atoms with Gasteiger partial charge in [-0.05, 0) is 23.6 Å². The van der Waals surface area contributed by atoms with Gasteiger partial charge >= 0.3 is 0 Å². The zero-order chi connectivity index (χ0) is 15.9. The summed E-state index contributed by atoms with van der Waals surface area (Å²) in [7, 11) is 0. The monoisotopic (exact) mass is 310 g/mol. The fraction of sp³-hybridized carbons (Fsp3) is 0.368. The van der Waals surface area contributed by atoms with Gasteiger partial charge in [-0.15, -0.1) is 0 Å². The first-order chi connectivity index (χ1) is 11.3. The number of aryl methyl sites for hydroxylation is 1. The zero-order valence-electron chi connectivity index (χ0n) is 13.2. The number of hydrogen-bond acceptors (Lipinski definition) is 3. The molecule has 1 aliphatic heterocycles. The number of morpholine rings is 1. The highest BCUT2D eigenvalue weighted by atomic mass is 16.5. The number of nitrogens with zero attached hydrogens (tertiary/aromatic N) is 2. The second-order valence-electron chi connectivity index (χ2n) is 5.88. The Labute approximate surface area is 137 Å². The van der Waals surface area contributed by atoms with Crippen molar-refractivity contribution in [1.82, 2.24) is 9.88 Å². The lowest BCUT2D eigenvalue weighted by atomic mass is 10.1. The quantitative estimate of drug-likeness (QED) is 0.852. The predicted octanol–water partition coefficient (Wildman–Crippen LogP) is 2.48. The van der Waals surface area contributed by atoms with Crippen LogP contribution < -0.4 is 0 Å². The van der Waals surface area contributed by atoms with E-state index >= 15 is 0 Å². The number of aromatic nitrogens is 1. The van der Waals surface area contributed by atoms with Crippen LogP contribution in [0.25, 0.3) is 0 Å². The molecule has 1 atom stereocenters. The zero-order valence-corrected chi connectivity index (χ0v) is 13.2. The van der Waals surface area contributed by atoms with Crippen LogP contribution >= 0.6 is 0 Å². The molecule has 1 aromatic carbocycles. The van der Waals surface area contributed by atoms with Crippen molar-refractivity contribution >= 4 is 5.91 Å². The lowest BCUT2D eigenvalue weighted by Crippen LogP contribution is -2.46. The molecule has 1 fully saturated rings. The van der Waals surface area contributed by atoms with Gasteiger partial charge in [0.25, 0.3) is 0 Å². The first kappa shape index (κ1) is 15.7. The van der Waals surface area contributed by atoms with E-state index in [-0.39, 0.29) is 12.0 Å². The van der Waals surface area contributed by atoms with Crippen molar-refractivity contribution in [2.24, 2.45) is 0 Å². The summed E-state index contributed by atoms with van der Waals surface area (Å²) in [4.78, 5) is 18.4. The standard InChI is InChI=1S/C19H22N2O2/c22-19(9-8-17-7-4-10-20-14-17)21-11-12-23-18(15-21)13-16-5-2-1-3-6-16/h1-7,10,14,18H,8-9,11-13,15H2. The highest BCUT2D eigenvalue weighted by Crippen LogP contribution is 2.13. The van der Waals surface area contributed by atoms with E-state index in [1.807, 2.05) is 41.4 Å². The molecule has 2 aromatic rings. The van der Waals surface area contributed by atoms with Crippen LogP contribution in [0.3, 0.4) is 0 Å². The average Bonchev–Trinajstić information content (AvgIpc) is 2.62. The van der Waals surface area contributed by atoms with Gasteiger partial charge in [0.05, 0.1) is 12.7 Å². The molecule has 0 radical (unpaired) electrons. The van der Waals surface area contributed by atoms with E-state index in [0.29, 0.717) is 26.1 Å². The summed E-state index contributed by atoms with van der Waals surface area (Å²) < 4.78 is 5.82. The molecular weight excluding hydrogens is 288 g/mol. The first-order valence-electron chi connectivity index (χ1n) is 8.13. The summed E-state index contributed by atoms with van der Waals surface area (Å²) in [6.45, 7) is 1.99. The highest BCUT2D eigenvalue weighted by Gasteiger charge is 2.24. The van der Waals surface area contributed by atoms with Crippen molar-refractivity contribution in [3.63, 3.8) is 0 Å². The van der Waals surface area contributed by atoms with Crippen molar-refractivity contribution in [3.05, 3.63) is 66.0 Å². The maximum atomic E-state index is 12.4. The molecule has 4 heteroatoms. The molecule has 0 N–H and O–H groups in total. The molecule has 4 nitrogen and oxygen atoms in total. The molecule has 3 rings (SSSR count). The van der Waals surface area contributed by atoms with E-state index in [0.717, 1.165) is 18.4 Å². The van der Waals surface area contributed by atoms with Crippen molar-refractivity contribution < 1.29 is 9.53 Å². The summed E-state index contributed by atoms with van der Waals surface area (Å²) in [6, 6.07) is 14.2. The van der Waals surface area contributed by atoms with Crippen LogP contribution in [0.15, 0.2) is 54.9 Å².